The number of benzene rings is 2. The number of hydrogen-bond acceptors (Lipinski definition) is 4. The SMILES string of the molecule is O=C(NCCSCc1ccccc1F)c1cn(-c2ccccc2)nc1-c1cccnc1. The van der Waals surface area contributed by atoms with Gasteiger partial charge in [0.2, 0.25) is 0 Å². The van der Waals surface area contributed by atoms with E-state index in [4.69, 9.17) is 0 Å². The highest BCUT2D eigenvalue weighted by molar-refractivity contribution is 7.98. The molecule has 0 saturated carbocycles. The lowest BCUT2D eigenvalue weighted by molar-refractivity contribution is 0.0957. The summed E-state index contributed by atoms with van der Waals surface area (Å²) in [6.45, 7) is 0.473. The van der Waals surface area contributed by atoms with Crippen molar-refractivity contribution in [1.82, 2.24) is 20.1 Å². The molecule has 0 bridgehead atoms. The standard InChI is InChI=1S/C24H21FN4OS/c25-22-11-5-4-7-19(22)17-31-14-13-27-24(30)21-16-29(20-9-2-1-3-10-20)28-23(21)18-8-6-12-26-15-18/h1-12,15-16H,13-14,17H2,(H,27,30). The Morgan fingerprint density at radius 1 is 1.03 bits per heavy atom. The van der Waals surface area contributed by atoms with Crippen LogP contribution in [0.1, 0.15) is 15.9 Å². The highest BCUT2D eigenvalue weighted by Crippen LogP contribution is 2.23. The maximum absolute atomic E-state index is 13.7. The molecule has 4 aromatic rings. The highest BCUT2D eigenvalue weighted by Gasteiger charge is 2.18. The molecule has 2 aromatic carbocycles. The predicted molar refractivity (Wildman–Crippen MR) is 122 cm³/mol. The Labute approximate surface area is 184 Å². The van der Waals surface area contributed by atoms with Gasteiger partial charge >= 0.3 is 0 Å². The second-order valence-electron chi connectivity index (χ2n) is 6.81. The van der Waals surface area contributed by atoms with Crippen LogP contribution in [0.4, 0.5) is 4.39 Å². The largest absolute Gasteiger partial charge is 0.351 e. The summed E-state index contributed by atoms with van der Waals surface area (Å²) in [6, 6.07) is 20.1. The van der Waals surface area contributed by atoms with Crippen LogP contribution >= 0.6 is 11.8 Å². The van der Waals surface area contributed by atoms with Crippen molar-refractivity contribution in [2.24, 2.45) is 0 Å². The first-order chi connectivity index (χ1) is 15.2. The number of hydrogen-bond donors (Lipinski definition) is 1. The van der Waals surface area contributed by atoms with Gasteiger partial charge in [0.15, 0.2) is 0 Å². The molecule has 5 nitrogen and oxygen atoms in total. The second kappa shape index (κ2) is 10.0. The summed E-state index contributed by atoms with van der Waals surface area (Å²) in [5.41, 5.74) is 3.37. The molecule has 0 radical (unpaired) electrons. The van der Waals surface area contributed by atoms with Gasteiger partial charge in [-0.3, -0.25) is 9.78 Å². The van der Waals surface area contributed by atoms with Gasteiger partial charge in [0.05, 0.1) is 11.3 Å². The van der Waals surface area contributed by atoms with Crippen LogP contribution in [-0.4, -0.2) is 33.0 Å². The van der Waals surface area contributed by atoms with E-state index < -0.39 is 0 Å². The lowest BCUT2D eigenvalue weighted by Crippen LogP contribution is -2.26. The fourth-order valence-corrected chi connectivity index (χ4v) is 3.94. The number of thioether (sulfide) groups is 1. The first-order valence-corrected chi connectivity index (χ1v) is 11.0. The van der Waals surface area contributed by atoms with Crippen LogP contribution in [0.25, 0.3) is 16.9 Å². The Kier molecular flexibility index (Phi) is 6.74. The van der Waals surface area contributed by atoms with Crippen LogP contribution < -0.4 is 5.32 Å². The van der Waals surface area contributed by atoms with Crippen LogP contribution in [0.5, 0.6) is 0 Å². The third-order valence-corrected chi connectivity index (χ3v) is 5.67. The Balaban J connectivity index is 1.44. The van der Waals surface area contributed by atoms with Crippen molar-refractivity contribution in [3.63, 3.8) is 0 Å². The van der Waals surface area contributed by atoms with Gasteiger partial charge in [0.25, 0.3) is 5.91 Å². The molecular weight excluding hydrogens is 411 g/mol. The van der Waals surface area contributed by atoms with Crippen molar-refractivity contribution < 1.29 is 9.18 Å². The maximum atomic E-state index is 13.7. The number of pyridine rings is 1. The topological polar surface area (TPSA) is 59.8 Å². The minimum atomic E-state index is -0.201. The summed E-state index contributed by atoms with van der Waals surface area (Å²) in [5.74, 6) is 0.839. The number of amides is 1. The Morgan fingerprint density at radius 2 is 1.84 bits per heavy atom. The van der Waals surface area contributed by atoms with Gasteiger partial charge in [0.1, 0.15) is 11.5 Å². The summed E-state index contributed by atoms with van der Waals surface area (Å²) >= 11 is 1.57. The Bertz CT molecular complexity index is 1150. The molecule has 0 unspecified atom stereocenters. The summed E-state index contributed by atoms with van der Waals surface area (Å²) < 4.78 is 15.4. The molecule has 0 fully saturated rings. The lowest BCUT2D eigenvalue weighted by Gasteiger charge is -2.06. The lowest BCUT2D eigenvalue weighted by atomic mass is 10.1. The smallest absolute Gasteiger partial charge is 0.255 e. The number of carbonyl (C=O) groups excluding carboxylic acids is 1. The number of aromatic nitrogens is 3. The molecule has 7 heteroatoms. The van der Waals surface area contributed by atoms with E-state index in [1.165, 1.54) is 6.07 Å². The van der Waals surface area contributed by atoms with Crippen LogP contribution in [-0.2, 0) is 5.75 Å². The van der Waals surface area contributed by atoms with E-state index in [0.29, 0.717) is 34.9 Å². The normalized spacial score (nSPS) is 10.7. The van der Waals surface area contributed by atoms with E-state index in [0.717, 1.165) is 11.3 Å². The van der Waals surface area contributed by atoms with Crippen molar-refractivity contribution in [3.05, 3.63) is 102 Å². The molecule has 1 N–H and O–H groups in total. The van der Waals surface area contributed by atoms with Crippen molar-refractivity contribution >= 4 is 17.7 Å². The Morgan fingerprint density at radius 3 is 2.61 bits per heavy atom. The average Bonchev–Trinajstić information content (AvgIpc) is 3.27. The summed E-state index contributed by atoms with van der Waals surface area (Å²) in [4.78, 5) is 17.1. The zero-order chi connectivity index (χ0) is 21.5. The summed E-state index contributed by atoms with van der Waals surface area (Å²) in [5, 5.41) is 7.58. The molecular formula is C24H21FN4OS. The van der Waals surface area contributed by atoms with E-state index in [2.05, 4.69) is 15.4 Å². The first-order valence-electron chi connectivity index (χ1n) is 9.87. The summed E-state index contributed by atoms with van der Waals surface area (Å²) in [6.07, 6.45) is 5.11. The zero-order valence-corrected chi connectivity index (χ0v) is 17.6. The molecule has 2 heterocycles. The van der Waals surface area contributed by atoms with Gasteiger partial charge in [-0.25, -0.2) is 9.07 Å². The minimum Gasteiger partial charge on any atom is -0.351 e. The fourth-order valence-electron chi connectivity index (χ4n) is 3.10. The zero-order valence-electron chi connectivity index (χ0n) is 16.7. The number of nitrogens with one attached hydrogen (secondary N) is 1. The second-order valence-corrected chi connectivity index (χ2v) is 7.92. The van der Waals surface area contributed by atoms with Gasteiger partial charge in [-0.2, -0.15) is 16.9 Å². The van der Waals surface area contributed by atoms with E-state index in [9.17, 15) is 9.18 Å². The fraction of sp³-hybridized carbons (Fsp3) is 0.125. The van der Waals surface area contributed by atoms with Gasteiger partial charge in [-0.15, -0.1) is 0 Å². The van der Waals surface area contributed by atoms with Gasteiger partial charge in [-0.05, 0) is 35.9 Å². The van der Waals surface area contributed by atoms with Crippen LogP contribution in [0.15, 0.2) is 85.3 Å². The van der Waals surface area contributed by atoms with Crippen LogP contribution in [0.3, 0.4) is 0 Å². The number of nitrogens with zero attached hydrogens (tertiary/aromatic N) is 3. The van der Waals surface area contributed by atoms with Gasteiger partial charge in [0, 0.05) is 42.2 Å². The average molecular weight is 433 g/mol. The first kappa shape index (κ1) is 20.8. The van der Waals surface area contributed by atoms with Crippen molar-refractivity contribution in [1.29, 1.82) is 0 Å². The summed E-state index contributed by atoms with van der Waals surface area (Å²) in [7, 11) is 0. The molecule has 0 aliphatic carbocycles. The van der Waals surface area contributed by atoms with Gasteiger partial charge < -0.3 is 5.32 Å². The van der Waals surface area contributed by atoms with Crippen molar-refractivity contribution in [2.45, 2.75) is 5.75 Å². The highest BCUT2D eigenvalue weighted by atomic mass is 32.2. The molecule has 2 aromatic heterocycles. The molecule has 4 rings (SSSR count). The molecule has 0 atom stereocenters. The number of carbonyl (C=O) groups is 1. The quantitative estimate of drug-likeness (QED) is 0.409. The predicted octanol–water partition coefficient (Wildman–Crippen LogP) is 4.74. The number of para-hydroxylation sites is 1. The maximum Gasteiger partial charge on any atom is 0.255 e. The Hall–Kier alpha value is -3.45. The molecule has 0 spiro atoms. The molecule has 0 aliphatic rings. The van der Waals surface area contributed by atoms with E-state index in [1.54, 1.807) is 47.2 Å². The molecule has 1 amide bonds. The van der Waals surface area contributed by atoms with Crippen LogP contribution in [0.2, 0.25) is 0 Å². The van der Waals surface area contributed by atoms with Crippen LogP contribution in [0, 0.1) is 5.82 Å². The monoisotopic (exact) mass is 432 g/mol. The third-order valence-electron chi connectivity index (χ3n) is 4.66. The van der Waals surface area contributed by atoms with E-state index in [1.807, 2.05) is 48.5 Å². The molecule has 31 heavy (non-hydrogen) atoms. The minimum absolute atomic E-state index is 0.200. The van der Waals surface area contributed by atoms with E-state index in [-0.39, 0.29) is 11.7 Å². The number of rotatable bonds is 8. The number of halogens is 1. The molecule has 0 aliphatic heterocycles. The third kappa shape index (κ3) is 5.19. The molecule has 0 saturated heterocycles. The van der Waals surface area contributed by atoms with Gasteiger partial charge in [-0.1, -0.05) is 36.4 Å². The molecule has 156 valence electrons. The van der Waals surface area contributed by atoms with Crippen molar-refractivity contribution in [3.8, 4) is 16.9 Å². The van der Waals surface area contributed by atoms with E-state index >= 15 is 0 Å². The van der Waals surface area contributed by atoms with Crippen molar-refractivity contribution in [2.75, 3.05) is 12.3 Å².